The van der Waals surface area contributed by atoms with Crippen LogP contribution in [0.15, 0.2) is 42.6 Å². The molecule has 7 heteroatoms. The lowest BCUT2D eigenvalue weighted by Gasteiger charge is -2.10. The van der Waals surface area contributed by atoms with Gasteiger partial charge in [-0.3, -0.25) is 10.1 Å². The molecule has 0 atom stereocenters. The SMILES string of the molecule is CCCCOc1cccc(C(=O)NC(=S)Nc2ccc(Cl)nc2)c1. The highest BCUT2D eigenvalue weighted by molar-refractivity contribution is 7.80. The van der Waals surface area contributed by atoms with E-state index in [2.05, 4.69) is 22.5 Å². The van der Waals surface area contributed by atoms with Crippen molar-refractivity contribution >= 4 is 40.5 Å². The number of anilines is 1. The van der Waals surface area contributed by atoms with Crippen LogP contribution in [0, 0.1) is 0 Å². The van der Waals surface area contributed by atoms with Crippen molar-refractivity contribution in [3.05, 3.63) is 53.3 Å². The summed E-state index contributed by atoms with van der Waals surface area (Å²) in [5.41, 5.74) is 1.11. The first-order valence-electron chi connectivity index (χ1n) is 7.55. The number of thiocarbonyl (C=S) groups is 1. The highest BCUT2D eigenvalue weighted by Crippen LogP contribution is 2.14. The summed E-state index contributed by atoms with van der Waals surface area (Å²) in [4.78, 5) is 16.2. The number of pyridine rings is 1. The lowest BCUT2D eigenvalue weighted by molar-refractivity contribution is 0.0977. The molecule has 0 unspecified atom stereocenters. The third kappa shape index (κ3) is 5.79. The van der Waals surface area contributed by atoms with Gasteiger partial charge >= 0.3 is 0 Å². The Labute approximate surface area is 151 Å². The third-order valence-electron chi connectivity index (χ3n) is 3.08. The van der Waals surface area contributed by atoms with Gasteiger partial charge in [-0.15, -0.1) is 0 Å². The smallest absolute Gasteiger partial charge is 0.257 e. The van der Waals surface area contributed by atoms with Gasteiger partial charge in [0, 0.05) is 5.56 Å². The fourth-order valence-corrected chi connectivity index (χ4v) is 2.17. The third-order valence-corrected chi connectivity index (χ3v) is 3.50. The first-order chi connectivity index (χ1) is 11.6. The summed E-state index contributed by atoms with van der Waals surface area (Å²) in [5, 5.41) is 6.06. The molecule has 0 fully saturated rings. The van der Waals surface area contributed by atoms with Crippen molar-refractivity contribution in [1.82, 2.24) is 10.3 Å². The quantitative estimate of drug-likeness (QED) is 0.460. The van der Waals surface area contributed by atoms with Crippen LogP contribution in [0.2, 0.25) is 5.15 Å². The first kappa shape index (κ1) is 18.2. The fraction of sp³-hybridized carbons (Fsp3) is 0.235. The minimum absolute atomic E-state index is 0.182. The van der Waals surface area contributed by atoms with Gasteiger partial charge in [-0.05, 0) is 49.0 Å². The molecular weight excluding hydrogens is 346 g/mol. The predicted molar refractivity (Wildman–Crippen MR) is 99.8 cm³/mol. The van der Waals surface area contributed by atoms with Gasteiger partial charge in [0.25, 0.3) is 5.91 Å². The van der Waals surface area contributed by atoms with Crippen molar-refractivity contribution in [3.63, 3.8) is 0 Å². The lowest BCUT2D eigenvalue weighted by atomic mass is 10.2. The number of aromatic nitrogens is 1. The van der Waals surface area contributed by atoms with E-state index in [0.717, 1.165) is 12.8 Å². The van der Waals surface area contributed by atoms with Crippen molar-refractivity contribution in [1.29, 1.82) is 0 Å². The standard InChI is InChI=1S/C17H18ClN3O2S/c1-2-3-9-23-14-6-4-5-12(10-14)16(22)21-17(24)20-13-7-8-15(18)19-11-13/h4-8,10-11H,2-3,9H2,1H3,(H2,20,21,22,24). The maximum atomic E-state index is 12.3. The topological polar surface area (TPSA) is 63.2 Å². The van der Waals surface area contributed by atoms with Gasteiger partial charge in [0.15, 0.2) is 5.11 Å². The van der Waals surface area contributed by atoms with Gasteiger partial charge in [-0.1, -0.05) is 31.0 Å². The number of unbranched alkanes of at least 4 members (excludes halogenated alkanes) is 1. The van der Waals surface area contributed by atoms with Crippen LogP contribution in [0.5, 0.6) is 5.75 Å². The molecule has 0 aliphatic rings. The van der Waals surface area contributed by atoms with E-state index in [1.807, 2.05) is 6.07 Å². The zero-order valence-electron chi connectivity index (χ0n) is 13.2. The van der Waals surface area contributed by atoms with Crippen molar-refractivity contribution in [3.8, 4) is 5.75 Å². The number of amides is 1. The van der Waals surface area contributed by atoms with E-state index in [4.69, 9.17) is 28.6 Å². The van der Waals surface area contributed by atoms with Crippen LogP contribution in [0.4, 0.5) is 5.69 Å². The maximum Gasteiger partial charge on any atom is 0.257 e. The van der Waals surface area contributed by atoms with Crippen molar-refractivity contribution in [2.75, 3.05) is 11.9 Å². The normalized spacial score (nSPS) is 10.1. The summed E-state index contributed by atoms with van der Waals surface area (Å²) in [5.74, 6) is 0.354. The van der Waals surface area contributed by atoms with E-state index in [9.17, 15) is 4.79 Å². The molecule has 1 aromatic heterocycles. The zero-order chi connectivity index (χ0) is 17.4. The molecule has 2 N–H and O–H groups in total. The van der Waals surface area contributed by atoms with Gasteiger partial charge < -0.3 is 10.1 Å². The van der Waals surface area contributed by atoms with E-state index < -0.39 is 0 Å². The summed E-state index contributed by atoms with van der Waals surface area (Å²) >= 11 is 10.8. The Balaban J connectivity index is 1.92. The second-order valence-electron chi connectivity index (χ2n) is 5.01. The molecule has 0 spiro atoms. The number of nitrogens with one attached hydrogen (secondary N) is 2. The van der Waals surface area contributed by atoms with E-state index in [0.29, 0.717) is 28.8 Å². The molecule has 0 saturated carbocycles. The highest BCUT2D eigenvalue weighted by atomic mass is 35.5. The van der Waals surface area contributed by atoms with Crippen LogP contribution < -0.4 is 15.4 Å². The molecule has 1 aromatic carbocycles. The van der Waals surface area contributed by atoms with Gasteiger partial charge in [0.05, 0.1) is 18.5 Å². The van der Waals surface area contributed by atoms with Crippen molar-refractivity contribution < 1.29 is 9.53 Å². The average molecular weight is 364 g/mol. The summed E-state index contributed by atoms with van der Waals surface area (Å²) < 4.78 is 5.60. The van der Waals surface area contributed by atoms with E-state index in [1.54, 1.807) is 30.3 Å². The number of hydrogen-bond donors (Lipinski definition) is 2. The Morgan fingerprint density at radius 1 is 1.33 bits per heavy atom. The second kappa shape index (κ2) is 9.20. The lowest BCUT2D eigenvalue weighted by Crippen LogP contribution is -2.34. The summed E-state index contributed by atoms with van der Waals surface area (Å²) in [6.07, 6.45) is 3.56. The zero-order valence-corrected chi connectivity index (χ0v) is 14.8. The van der Waals surface area contributed by atoms with Crippen LogP contribution in [0.3, 0.4) is 0 Å². The van der Waals surface area contributed by atoms with Gasteiger partial charge in [0.1, 0.15) is 10.9 Å². The molecule has 0 radical (unpaired) electrons. The molecule has 2 aromatic rings. The average Bonchev–Trinajstić information content (AvgIpc) is 2.57. The summed E-state index contributed by atoms with van der Waals surface area (Å²) in [6.45, 7) is 2.72. The molecule has 126 valence electrons. The minimum atomic E-state index is -0.310. The van der Waals surface area contributed by atoms with Crippen LogP contribution >= 0.6 is 23.8 Å². The monoisotopic (exact) mass is 363 g/mol. The number of carbonyl (C=O) groups excluding carboxylic acids is 1. The number of nitrogens with zero attached hydrogens (tertiary/aromatic N) is 1. The Kier molecular flexibility index (Phi) is 6.96. The molecule has 24 heavy (non-hydrogen) atoms. The number of rotatable bonds is 6. The second-order valence-corrected chi connectivity index (χ2v) is 5.80. The fourth-order valence-electron chi connectivity index (χ4n) is 1.85. The molecule has 2 rings (SSSR count). The highest BCUT2D eigenvalue weighted by Gasteiger charge is 2.09. The molecule has 0 bridgehead atoms. The van der Waals surface area contributed by atoms with E-state index in [-0.39, 0.29) is 11.0 Å². The van der Waals surface area contributed by atoms with E-state index >= 15 is 0 Å². The Bertz CT molecular complexity index is 707. The first-order valence-corrected chi connectivity index (χ1v) is 8.34. The van der Waals surface area contributed by atoms with E-state index in [1.165, 1.54) is 6.20 Å². The number of hydrogen-bond acceptors (Lipinski definition) is 4. The van der Waals surface area contributed by atoms with Gasteiger partial charge in [0.2, 0.25) is 0 Å². The predicted octanol–water partition coefficient (Wildman–Crippen LogP) is 4.04. The molecule has 1 heterocycles. The van der Waals surface area contributed by atoms with Crippen molar-refractivity contribution in [2.45, 2.75) is 19.8 Å². The van der Waals surface area contributed by atoms with Crippen LogP contribution in [0.25, 0.3) is 0 Å². The number of carbonyl (C=O) groups is 1. The molecule has 0 aliphatic carbocycles. The molecule has 0 aliphatic heterocycles. The molecule has 1 amide bonds. The van der Waals surface area contributed by atoms with Crippen LogP contribution in [0.1, 0.15) is 30.1 Å². The molecule has 0 saturated heterocycles. The van der Waals surface area contributed by atoms with Crippen molar-refractivity contribution in [2.24, 2.45) is 0 Å². The van der Waals surface area contributed by atoms with Gasteiger partial charge in [-0.25, -0.2) is 4.98 Å². The summed E-state index contributed by atoms with van der Waals surface area (Å²) in [7, 11) is 0. The van der Waals surface area contributed by atoms with Gasteiger partial charge in [-0.2, -0.15) is 0 Å². The molecule has 5 nitrogen and oxygen atoms in total. The Morgan fingerprint density at radius 2 is 2.17 bits per heavy atom. The summed E-state index contributed by atoms with van der Waals surface area (Å²) in [6, 6.07) is 10.3. The molecular formula is C17H18ClN3O2S. The van der Waals surface area contributed by atoms with Crippen LogP contribution in [-0.4, -0.2) is 22.6 Å². The number of halogens is 1. The number of ether oxygens (including phenoxy) is 1. The largest absolute Gasteiger partial charge is 0.494 e. The maximum absolute atomic E-state index is 12.3. The van der Waals surface area contributed by atoms with Crippen LogP contribution in [-0.2, 0) is 0 Å². The number of benzene rings is 1. The Morgan fingerprint density at radius 3 is 2.88 bits per heavy atom. The Hall–Kier alpha value is -2.18. The minimum Gasteiger partial charge on any atom is -0.494 e.